The molecule has 3 rings (SSSR count). The third-order valence-electron chi connectivity index (χ3n) is 4.17. The van der Waals surface area contributed by atoms with Crippen LogP contribution in [0.3, 0.4) is 0 Å². The van der Waals surface area contributed by atoms with E-state index in [0.29, 0.717) is 0 Å². The molecule has 0 bridgehead atoms. The molecule has 0 saturated carbocycles. The first-order valence-electron chi connectivity index (χ1n) is 8.20. The first-order valence-corrected chi connectivity index (χ1v) is 9.57. The van der Waals surface area contributed by atoms with Gasteiger partial charge in [-0.1, -0.05) is 35.5 Å². The maximum absolute atomic E-state index is 13.4. The van der Waals surface area contributed by atoms with Gasteiger partial charge in [0.25, 0.3) is 0 Å². The largest absolute Gasteiger partial charge is 0.300 e. The Kier molecular flexibility index (Phi) is 5.96. The topological polar surface area (TPSA) is 34.0 Å². The van der Waals surface area contributed by atoms with Crippen molar-refractivity contribution in [2.45, 2.75) is 23.9 Å². The highest BCUT2D eigenvalue weighted by Gasteiger charge is 2.21. The second-order valence-corrected chi connectivity index (χ2v) is 7.59. The van der Waals surface area contributed by atoms with Crippen molar-refractivity contribution in [3.63, 3.8) is 0 Å². The summed E-state index contributed by atoms with van der Waals surface area (Å²) in [6.07, 6.45) is 0. The molecule has 0 saturated heterocycles. The molecular formula is C19H20ClFN4S. The van der Waals surface area contributed by atoms with E-state index in [-0.39, 0.29) is 11.9 Å². The summed E-state index contributed by atoms with van der Waals surface area (Å²) < 4.78 is 15.3. The Balaban J connectivity index is 1.93. The molecule has 0 amide bonds. The third kappa shape index (κ3) is 4.26. The fourth-order valence-corrected chi connectivity index (χ4v) is 3.48. The van der Waals surface area contributed by atoms with Crippen molar-refractivity contribution < 1.29 is 4.39 Å². The number of halogens is 2. The molecule has 0 unspecified atom stereocenters. The van der Waals surface area contributed by atoms with E-state index in [1.807, 2.05) is 42.9 Å². The third-order valence-corrected chi connectivity index (χ3v) is 5.42. The summed E-state index contributed by atoms with van der Waals surface area (Å²) in [6, 6.07) is 14.2. The van der Waals surface area contributed by atoms with Gasteiger partial charge in [-0.15, -0.1) is 10.2 Å². The van der Waals surface area contributed by atoms with Gasteiger partial charge in [0.15, 0.2) is 11.0 Å². The van der Waals surface area contributed by atoms with Crippen molar-refractivity contribution in [1.29, 1.82) is 0 Å². The Labute approximate surface area is 162 Å². The Hall–Kier alpha value is -1.89. The Morgan fingerprint density at radius 2 is 1.73 bits per heavy atom. The quantitative estimate of drug-likeness (QED) is 0.556. The summed E-state index contributed by atoms with van der Waals surface area (Å²) in [5, 5.41) is 10.3. The van der Waals surface area contributed by atoms with Gasteiger partial charge in [0, 0.05) is 16.5 Å². The van der Waals surface area contributed by atoms with Gasteiger partial charge in [-0.25, -0.2) is 4.39 Å². The number of rotatable bonds is 6. The zero-order chi connectivity index (χ0) is 18.7. The molecule has 1 atom stereocenters. The number of nitrogens with zero attached hydrogens (tertiary/aromatic N) is 4. The fourth-order valence-electron chi connectivity index (χ4n) is 2.44. The molecule has 1 heterocycles. The highest BCUT2D eigenvalue weighted by Crippen LogP contribution is 2.29. The Morgan fingerprint density at radius 1 is 1.08 bits per heavy atom. The SMILES string of the molecule is C[C@@H](c1nnc(SCc2ccc(Cl)cc2)n1-c1ccc(F)cc1)N(C)C. The fraction of sp³-hybridized carbons (Fsp3) is 0.263. The summed E-state index contributed by atoms with van der Waals surface area (Å²) in [5.41, 5.74) is 1.99. The lowest BCUT2D eigenvalue weighted by Gasteiger charge is -2.20. The van der Waals surface area contributed by atoms with E-state index in [0.717, 1.165) is 33.0 Å². The molecule has 0 radical (unpaired) electrons. The van der Waals surface area contributed by atoms with Crippen LogP contribution in [0.5, 0.6) is 0 Å². The summed E-state index contributed by atoms with van der Waals surface area (Å²) in [6.45, 7) is 2.07. The lowest BCUT2D eigenvalue weighted by Crippen LogP contribution is -2.20. The summed E-state index contributed by atoms with van der Waals surface area (Å²) in [4.78, 5) is 2.07. The van der Waals surface area contributed by atoms with Crippen LogP contribution in [0.25, 0.3) is 5.69 Å². The zero-order valence-electron chi connectivity index (χ0n) is 14.9. The van der Waals surface area contributed by atoms with Gasteiger partial charge >= 0.3 is 0 Å². The molecule has 1 aromatic heterocycles. The van der Waals surface area contributed by atoms with Crippen LogP contribution < -0.4 is 0 Å². The second-order valence-electron chi connectivity index (χ2n) is 6.21. The van der Waals surface area contributed by atoms with Crippen molar-refractivity contribution in [3.05, 3.63) is 70.8 Å². The maximum atomic E-state index is 13.4. The molecule has 4 nitrogen and oxygen atoms in total. The van der Waals surface area contributed by atoms with Crippen molar-refractivity contribution >= 4 is 23.4 Å². The standard InChI is InChI=1S/C19H20ClFN4S/c1-13(24(2)3)18-22-23-19(25(18)17-10-8-16(21)9-11-17)26-12-14-4-6-15(20)7-5-14/h4-11,13H,12H2,1-3H3/t13-/m0/s1. The highest BCUT2D eigenvalue weighted by atomic mass is 35.5. The maximum Gasteiger partial charge on any atom is 0.196 e. The number of thioether (sulfide) groups is 1. The van der Waals surface area contributed by atoms with Crippen LogP contribution in [-0.2, 0) is 5.75 Å². The van der Waals surface area contributed by atoms with Crippen LogP contribution in [0, 0.1) is 5.82 Å². The smallest absolute Gasteiger partial charge is 0.196 e. The van der Waals surface area contributed by atoms with Crippen LogP contribution in [0.4, 0.5) is 4.39 Å². The van der Waals surface area contributed by atoms with Crippen LogP contribution >= 0.6 is 23.4 Å². The van der Waals surface area contributed by atoms with Gasteiger partial charge in [0.05, 0.1) is 6.04 Å². The molecule has 0 fully saturated rings. The minimum Gasteiger partial charge on any atom is -0.300 e. The molecule has 7 heteroatoms. The molecule has 26 heavy (non-hydrogen) atoms. The average molecular weight is 391 g/mol. The van der Waals surface area contributed by atoms with Crippen LogP contribution in [0.15, 0.2) is 53.7 Å². The van der Waals surface area contributed by atoms with E-state index in [1.54, 1.807) is 23.9 Å². The van der Waals surface area contributed by atoms with E-state index >= 15 is 0 Å². The normalized spacial score (nSPS) is 12.5. The van der Waals surface area contributed by atoms with Gasteiger partial charge in [-0.05, 0) is 63.0 Å². The van der Waals surface area contributed by atoms with Gasteiger partial charge in [0.2, 0.25) is 0 Å². The van der Waals surface area contributed by atoms with E-state index in [4.69, 9.17) is 11.6 Å². The molecule has 0 spiro atoms. The minimum atomic E-state index is -0.264. The first-order chi connectivity index (χ1) is 12.5. The Bertz CT molecular complexity index is 862. The molecule has 3 aromatic rings. The van der Waals surface area contributed by atoms with E-state index in [1.165, 1.54) is 12.1 Å². The van der Waals surface area contributed by atoms with Crippen LogP contribution in [0.1, 0.15) is 24.4 Å². The van der Waals surface area contributed by atoms with Crippen molar-refractivity contribution in [1.82, 2.24) is 19.7 Å². The number of aromatic nitrogens is 3. The summed E-state index contributed by atoms with van der Waals surface area (Å²) in [7, 11) is 3.99. The molecule has 0 aliphatic rings. The van der Waals surface area contributed by atoms with Gasteiger partial charge < -0.3 is 0 Å². The number of benzene rings is 2. The lowest BCUT2D eigenvalue weighted by atomic mass is 10.2. The number of hydrogen-bond acceptors (Lipinski definition) is 4. The lowest BCUT2D eigenvalue weighted by molar-refractivity contribution is 0.305. The average Bonchev–Trinajstić information content (AvgIpc) is 3.05. The molecule has 0 aliphatic carbocycles. The van der Waals surface area contributed by atoms with Crippen molar-refractivity contribution in [2.24, 2.45) is 0 Å². The monoisotopic (exact) mass is 390 g/mol. The summed E-state index contributed by atoms with van der Waals surface area (Å²) >= 11 is 7.54. The predicted molar refractivity (Wildman–Crippen MR) is 104 cm³/mol. The van der Waals surface area contributed by atoms with Crippen molar-refractivity contribution in [2.75, 3.05) is 14.1 Å². The molecule has 136 valence electrons. The van der Waals surface area contributed by atoms with Gasteiger partial charge in [-0.2, -0.15) is 0 Å². The van der Waals surface area contributed by atoms with Gasteiger partial charge in [-0.3, -0.25) is 9.47 Å². The first kappa shape index (κ1) is 18.9. The summed E-state index contributed by atoms with van der Waals surface area (Å²) in [5.74, 6) is 1.30. The molecule has 0 N–H and O–H groups in total. The molecule has 2 aromatic carbocycles. The van der Waals surface area contributed by atoms with Crippen molar-refractivity contribution in [3.8, 4) is 5.69 Å². The molecule has 0 aliphatic heterocycles. The second kappa shape index (κ2) is 8.20. The minimum absolute atomic E-state index is 0.0671. The van der Waals surface area contributed by atoms with E-state index in [2.05, 4.69) is 22.0 Å². The number of hydrogen-bond donors (Lipinski definition) is 0. The van der Waals surface area contributed by atoms with Gasteiger partial charge in [0.1, 0.15) is 5.82 Å². The van der Waals surface area contributed by atoms with Crippen LogP contribution in [-0.4, -0.2) is 33.8 Å². The van der Waals surface area contributed by atoms with Crippen LogP contribution in [0.2, 0.25) is 5.02 Å². The zero-order valence-corrected chi connectivity index (χ0v) is 16.4. The molecular weight excluding hydrogens is 371 g/mol. The highest BCUT2D eigenvalue weighted by molar-refractivity contribution is 7.98. The van der Waals surface area contributed by atoms with E-state index < -0.39 is 0 Å². The van der Waals surface area contributed by atoms with E-state index in [9.17, 15) is 4.39 Å². The predicted octanol–water partition coefficient (Wildman–Crippen LogP) is 4.97. The Morgan fingerprint density at radius 3 is 2.35 bits per heavy atom.